The molecule has 0 spiro atoms. The predicted molar refractivity (Wildman–Crippen MR) is 75.0 cm³/mol. The van der Waals surface area contributed by atoms with Gasteiger partial charge in [-0.05, 0) is 31.2 Å². The molecule has 0 bridgehead atoms. The highest BCUT2D eigenvalue weighted by Crippen LogP contribution is 2.20. The number of halogens is 1. The van der Waals surface area contributed by atoms with Crippen molar-refractivity contribution in [2.75, 3.05) is 26.7 Å². The van der Waals surface area contributed by atoms with Crippen LogP contribution in [0.15, 0.2) is 28.7 Å². The summed E-state index contributed by atoms with van der Waals surface area (Å²) in [5.74, 6) is 0. The molecule has 1 aromatic carbocycles. The molecule has 0 radical (unpaired) electrons. The lowest BCUT2D eigenvalue weighted by atomic mass is 9.98. The first-order chi connectivity index (χ1) is 8.16. The Labute approximate surface area is 111 Å². The zero-order valence-electron chi connectivity index (χ0n) is 10.2. The average molecular weight is 298 g/mol. The van der Waals surface area contributed by atoms with Gasteiger partial charge in [-0.1, -0.05) is 28.1 Å². The predicted octanol–water partition coefficient (Wildman–Crippen LogP) is 1.74. The van der Waals surface area contributed by atoms with E-state index in [1.807, 2.05) is 0 Å². The van der Waals surface area contributed by atoms with Crippen LogP contribution in [0.5, 0.6) is 0 Å². The fourth-order valence-corrected chi connectivity index (χ4v) is 2.53. The normalized spacial score (nSPS) is 23.6. The number of benzene rings is 1. The van der Waals surface area contributed by atoms with E-state index >= 15 is 0 Å². The first-order valence-electron chi connectivity index (χ1n) is 6.09. The number of rotatable bonds is 3. The minimum Gasteiger partial charge on any atom is -0.324 e. The summed E-state index contributed by atoms with van der Waals surface area (Å²) in [6.07, 6.45) is 1.01. The molecule has 1 aromatic rings. The van der Waals surface area contributed by atoms with Crippen molar-refractivity contribution in [3.8, 4) is 0 Å². The Morgan fingerprint density at radius 2 is 2.18 bits per heavy atom. The van der Waals surface area contributed by atoms with E-state index in [4.69, 9.17) is 5.73 Å². The Bertz CT molecular complexity index is 352. The van der Waals surface area contributed by atoms with Crippen LogP contribution in [0.1, 0.15) is 18.0 Å². The molecule has 17 heavy (non-hydrogen) atoms. The summed E-state index contributed by atoms with van der Waals surface area (Å²) in [7, 11) is 2.18. The van der Waals surface area contributed by atoms with E-state index < -0.39 is 0 Å². The van der Waals surface area contributed by atoms with Crippen molar-refractivity contribution in [1.29, 1.82) is 0 Å². The second-order valence-corrected chi connectivity index (χ2v) is 5.65. The third kappa shape index (κ3) is 3.52. The van der Waals surface area contributed by atoms with Crippen LogP contribution in [-0.4, -0.2) is 37.6 Å². The van der Waals surface area contributed by atoms with Gasteiger partial charge in [0.25, 0.3) is 0 Å². The zero-order valence-corrected chi connectivity index (χ0v) is 11.8. The highest BCUT2D eigenvalue weighted by atomic mass is 79.9. The summed E-state index contributed by atoms with van der Waals surface area (Å²) in [4.78, 5) is 2.40. The molecule has 2 atom stereocenters. The topological polar surface area (TPSA) is 41.3 Å². The number of likely N-dealkylation sites (N-methyl/N-ethyl adjacent to an activating group) is 1. The van der Waals surface area contributed by atoms with Crippen molar-refractivity contribution >= 4 is 15.9 Å². The van der Waals surface area contributed by atoms with Gasteiger partial charge < -0.3 is 16.0 Å². The van der Waals surface area contributed by atoms with Gasteiger partial charge in [-0.3, -0.25) is 0 Å². The molecule has 0 saturated carbocycles. The van der Waals surface area contributed by atoms with Gasteiger partial charge in [0.1, 0.15) is 0 Å². The first kappa shape index (κ1) is 13.0. The van der Waals surface area contributed by atoms with E-state index in [-0.39, 0.29) is 6.04 Å². The minimum atomic E-state index is 0.121. The maximum atomic E-state index is 6.27. The number of nitrogens with two attached hydrogens (primary N) is 1. The molecular weight excluding hydrogens is 278 g/mol. The summed E-state index contributed by atoms with van der Waals surface area (Å²) in [5, 5.41) is 3.43. The smallest absolute Gasteiger partial charge is 0.0310 e. The monoisotopic (exact) mass is 297 g/mol. The molecule has 1 aliphatic heterocycles. The average Bonchev–Trinajstić information content (AvgIpc) is 2.33. The van der Waals surface area contributed by atoms with Gasteiger partial charge in [-0.25, -0.2) is 0 Å². The van der Waals surface area contributed by atoms with E-state index in [2.05, 4.69) is 57.5 Å². The zero-order chi connectivity index (χ0) is 12.3. The summed E-state index contributed by atoms with van der Waals surface area (Å²) >= 11 is 3.44. The Kier molecular flexibility index (Phi) is 4.56. The van der Waals surface area contributed by atoms with Crippen LogP contribution in [0.3, 0.4) is 0 Å². The number of nitrogens with zero attached hydrogens (tertiary/aromatic N) is 1. The van der Waals surface area contributed by atoms with Crippen molar-refractivity contribution in [2.45, 2.75) is 18.5 Å². The summed E-state index contributed by atoms with van der Waals surface area (Å²) in [6, 6.07) is 8.98. The molecule has 1 fully saturated rings. The summed E-state index contributed by atoms with van der Waals surface area (Å²) in [6.45, 7) is 3.24. The highest BCUT2D eigenvalue weighted by molar-refractivity contribution is 9.10. The molecule has 2 unspecified atom stereocenters. The van der Waals surface area contributed by atoms with Crippen LogP contribution in [0, 0.1) is 0 Å². The second kappa shape index (κ2) is 5.96. The van der Waals surface area contributed by atoms with Gasteiger partial charge >= 0.3 is 0 Å². The fraction of sp³-hybridized carbons (Fsp3) is 0.538. The lowest BCUT2D eigenvalue weighted by molar-refractivity contribution is 0.182. The Morgan fingerprint density at radius 3 is 2.82 bits per heavy atom. The van der Waals surface area contributed by atoms with E-state index in [9.17, 15) is 0 Å². The minimum absolute atomic E-state index is 0.121. The molecular formula is C13H20BrN3. The van der Waals surface area contributed by atoms with Crippen molar-refractivity contribution in [3.63, 3.8) is 0 Å². The molecule has 94 valence electrons. The fourth-order valence-electron chi connectivity index (χ4n) is 2.26. The van der Waals surface area contributed by atoms with Gasteiger partial charge in [0, 0.05) is 36.2 Å². The summed E-state index contributed by atoms with van der Waals surface area (Å²) in [5.41, 5.74) is 7.48. The summed E-state index contributed by atoms with van der Waals surface area (Å²) < 4.78 is 1.10. The Balaban J connectivity index is 1.95. The maximum absolute atomic E-state index is 6.27. The molecule has 1 saturated heterocycles. The molecule has 4 heteroatoms. The van der Waals surface area contributed by atoms with Crippen LogP contribution < -0.4 is 11.1 Å². The van der Waals surface area contributed by atoms with Gasteiger partial charge in [0.05, 0.1) is 0 Å². The first-order valence-corrected chi connectivity index (χ1v) is 6.88. The Morgan fingerprint density at radius 1 is 1.47 bits per heavy atom. The molecule has 0 aliphatic carbocycles. The molecule has 0 aromatic heterocycles. The standard InChI is InChI=1S/C13H20BrN3/c1-17-7-6-16-9-12(17)8-13(15)10-2-4-11(14)5-3-10/h2-5,12-13,16H,6-9,15H2,1H3. The van der Waals surface area contributed by atoms with Gasteiger partial charge in [0.15, 0.2) is 0 Å². The van der Waals surface area contributed by atoms with Crippen LogP contribution >= 0.6 is 15.9 Å². The molecule has 1 heterocycles. The maximum Gasteiger partial charge on any atom is 0.0310 e. The molecule has 3 nitrogen and oxygen atoms in total. The number of hydrogen-bond acceptors (Lipinski definition) is 3. The van der Waals surface area contributed by atoms with Gasteiger partial charge in [-0.15, -0.1) is 0 Å². The highest BCUT2D eigenvalue weighted by Gasteiger charge is 2.21. The van der Waals surface area contributed by atoms with Crippen molar-refractivity contribution < 1.29 is 0 Å². The lowest BCUT2D eigenvalue weighted by Gasteiger charge is -2.34. The van der Waals surface area contributed by atoms with Crippen LogP contribution in [0.2, 0.25) is 0 Å². The third-order valence-electron chi connectivity index (χ3n) is 3.47. The van der Waals surface area contributed by atoms with Crippen molar-refractivity contribution in [3.05, 3.63) is 34.3 Å². The van der Waals surface area contributed by atoms with Crippen molar-refractivity contribution in [1.82, 2.24) is 10.2 Å². The van der Waals surface area contributed by atoms with E-state index in [0.29, 0.717) is 6.04 Å². The van der Waals surface area contributed by atoms with Crippen molar-refractivity contribution in [2.24, 2.45) is 5.73 Å². The third-order valence-corrected chi connectivity index (χ3v) is 4.00. The van der Waals surface area contributed by atoms with Crippen LogP contribution in [-0.2, 0) is 0 Å². The number of nitrogens with one attached hydrogen (secondary N) is 1. The van der Waals surface area contributed by atoms with E-state index in [1.165, 1.54) is 5.56 Å². The quantitative estimate of drug-likeness (QED) is 0.893. The number of hydrogen-bond donors (Lipinski definition) is 2. The van der Waals surface area contributed by atoms with Crippen LogP contribution in [0.4, 0.5) is 0 Å². The molecule has 0 amide bonds. The second-order valence-electron chi connectivity index (χ2n) is 4.73. The van der Waals surface area contributed by atoms with E-state index in [1.54, 1.807) is 0 Å². The van der Waals surface area contributed by atoms with Gasteiger partial charge in [-0.2, -0.15) is 0 Å². The SMILES string of the molecule is CN1CCNCC1CC(N)c1ccc(Br)cc1. The Hall–Kier alpha value is -0.420. The lowest BCUT2D eigenvalue weighted by Crippen LogP contribution is -2.50. The number of piperazine rings is 1. The molecule has 3 N–H and O–H groups in total. The molecule has 1 aliphatic rings. The van der Waals surface area contributed by atoms with Gasteiger partial charge in [0.2, 0.25) is 0 Å². The van der Waals surface area contributed by atoms with E-state index in [0.717, 1.165) is 30.5 Å². The largest absolute Gasteiger partial charge is 0.324 e. The molecule has 2 rings (SSSR count). The van der Waals surface area contributed by atoms with Crippen LogP contribution in [0.25, 0.3) is 0 Å².